The molecule has 1 aliphatic rings. The fourth-order valence-electron chi connectivity index (χ4n) is 3.03. The number of aromatic nitrogens is 4. The SMILES string of the molecule is CCn1nnnc1-c1cccc(NC(=O)C2(N)CCCCC2)c1.Cl. The summed E-state index contributed by atoms with van der Waals surface area (Å²) in [4.78, 5) is 12.5. The molecule has 1 amide bonds. The van der Waals surface area contributed by atoms with Crippen LogP contribution in [0.1, 0.15) is 39.0 Å². The molecule has 1 heterocycles. The molecule has 0 bridgehead atoms. The van der Waals surface area contributed by atoms with Crippen LogP contribution in [0, 0.1) is 0 Å². The largest absolute Gasteiger partial charge is 0.324 e. The van der Waals surface area contributed by atoms with Crippen molar-refractivity contribution in [3.05, 3.63) is 24.3 Å². The number of anilines is 1. The molecular weight excluding hydrogens is 328 g/mol. The van der Waals surface area contributed by atoms with Crippen LogP contribution >= 0.6 is 12.4 Å². The first-order valence-electron chi connectivity index (χ1n) is 8.09. The Morgan fingerprint density at radius 3 is 2.79 bits per heavy atom. The smallest absolute Gasteiger partial charge is 0.244 e. The highest BCUT2D eigenvalue weighted by atomic mass is 35.5. The molecule has 3 N–H and O–H groups in total. The predicted octanol–water partition coefficient (Wildman–Crippen LogP) is 2.38. The van der Waals surface area contributed by atoms with E-state index in [0.29, 0.717) is 18.1 Å². The number of halogens is 1. The fourth-order valence-corrected chi connectivity index (χ4v) is 3.03. The van der Waals surface area contributed by atoms with Crippen LogP contribution in [0.15, 0.2) is 24.3 Å². The Bertz CT molecular complexity index is 695. The molecule has 0 spiro atoms. The van der Waals surface area contributed by atoms with Crippen LogP contribution < -0.4 is 11.1 Å². The number of nitrogens with one attached hydrogen (secondary N) is 1. The topological polar surface area (TPSA) is 98.7 Å². The Kier molecular flexibility index (Phi) is 5.90. The van der Waals surface area contributed by atoms with Gasteiger partial charge in [-0.1, -0.05) is 31.4 Å². The average molecular weight is 351 g/mol. The quantitative estimate of drug-likeness (QED) is 0.882. The van der Waals surface area contributed by atoms with E-state index in [-0.39, 0.29) is 18.3 Å². The van der Waals surface area contributed by atoms with Crippen molar-refractivity contribution in [2.45, 2.75) is 51.1 Å². The van der Waals surface area contributed by atoms with Crippen molar-refractivity contribution >= 4 is 24.0 Å². The number of rotatable bonds is 4. The number of tetrazole rings is 1. The summed E-state index contributed by atoms with van der Waals surface area (Å²) in [6.07, 6.45) is 4.66. The molecule has 0 atom stereocenters. The van der Waals surface area contributed by atoms with E-state index in [2.05, 4.69) is 20.8 Å². The molecule has 130 valence electrons. The third-order valence-electron chi connectivity index (χ3n) is 4.41. The van der Waals surface area contributed by atoms with Crippen LogP contribution in [0.5, 0.6) is 0 Å². The summed E-state index contributed by atoms with van der Waals surface area (Å²) in [5, 5.41) is 14.6. The zero-order valence-corrected chi connectivity index (χ0v) is 14.6. The number of amides is 1. The predicted molar refractivity (Wildman–Crippen MR) is 94.8 cm³/mol. The van der Waals surface area contributed by atoms with Gasteiger partial charge in [0.25, 0.3) is 0 Å². The molecule has 0 radical (unpaired) electrons. The van der Waals surface area contributed by atoms with Crippen molar-refractivity contribution < 1.29 is 4.79 Å². The van der Waals surface area contributed by atoms with Crippen molar-refractivity contribution in [2.75, 3.05) is 5.32 Å². The second-order valence-electron chi connectivity index (χ2n) is 6.07. The van der Waals surface area contributed by atoms with Gasteiger partial charge in [-0.05, 0) is 42.3 Å². The van der Waals surface area contributed by atoms with Crippen molar-refractivity contribution in [1.29, 1.82) is 0 Å². The molecule has 7 nitrogen and oxygen atoms in total. The molecule has 1 aromatic carbocycles. The maximum absolute atomic E-state index is 12.5. The number of benzene rings is 1. The second kappa shape index (κ2) is 7.72. The lowest BCUT2D eigenvalue weighted by molar-refractivity contribution is -0.122. The van der Waals surface area contributed by atoms with Crippen molar-refractivity contribution in [1.82, 2.24) is 20.2 Å². The summed E-state index contributed by atoms with van der Waals surface area (Å²) < 4.78 is 1.71. The van der Waals surface area contributed by atoms with Crippen molar-refractivity contribution in [3.63, 3.8) is 0 Å². The van der Waals surface area contributed by atoms with E-state index < -0.39 is 5.54 Å². The van der Waals surface area contributed by atoms with E-state index in [1.807, 2.05) is 31.2 Å². The molecule has 24 heavy (non-hydrogen) atoms. The van der Waals surface area contributed by atoms with E-state index in [1.165, 1.54) is 0 Å². The van der Waals surface area contributed by atoms with Gasteiger partial charge in [-0.2, -0.15) is 0 Å². The van der Waals surface area contributed by atoms with E-state index in [9.17, 15) is 4.79 Å². The van der Waals surface area contributed by atoms with Crippen LogP contribution in [-0.2, 0) is 11.3 Å². The minimum atomic E-state index is -0.751. The van der Waals surface area contributed by atoms with Crippen LogP contribution in [0.2, 0.25) is 0 Å². The van der Waals surface area contributed by atoms with Gasteiger partial charge in [0.05, 0.1) is 5.54 Å². The van der Waals surface area contributed by atoms with E-state index in [0.717, 1.165) is 37.7 Å². The molecule has 1 saturated carbocycles. The minimum absolute atomic E-state index is 0. The Balaban J connectivity index is 0.00000208. The summed E-state index contributed by atoms with van der Waals surface area (Å²) in [5.74, 6) is 0.577. The molecule has 1 aromatic heterocycles. The number of hydrogen-bond donors (Lipinski definition) is 2. The lowest BCUT2D eigenvalue weighted by Gasteiger charge is -2.31. The van der Waals surface area contributed by atoms with Gasteiger partial charge >= 0.3 is 0 Å². The van der Waals surface area contributed by atoms with Crippen molar-refractivity contribution in [3.8, 4) is 11.4 Å². The van der Waals surface area contributed by atoms with Crippen LogP contribution in [0.4, 0.5) is 5.69 Å². The molecule has 0 saturated heterocycles. The molecule has 3 rings (SSSR count). The van der Waals surface area contributed by atoms with E-state index in [4.69, 9.17) is 5.73 Å². The Hall–Kier alpha value is -1.99. The summed E-state index contributed by atoms with van der Waals surface area (Å²) in [5.41, 5.74) is 7.11. The molecular formula is C16H23ClN6O. The number of nitrogens with two attached hydrogens (primary N) is 1. The van der Waals surface area contributed by atoms with Crippen molar-refractivity contribution in [2.24, 2.45) is 5.73 Å². The standard InChI is InChI=1S/C16H22N6O.ClH/c1-2-22-14(19-20-21-22)12-7-6-8-13(11-12)18-15(23)16(17)9-4-3-5-10-16;/h6-8,11H,2-5,9-10,17H2,1H3,(H,18,23);1H. The first-order valence-corrected chi connectivity index (χ1v) is 8.09. The maximum Gasteiger partial charge on any atom is 0.244 e. The maximum atomic E-state index is 12.5. The zero-order chi connectivity index (χ0) is 16.3. The van der Waals surface area contributed by atoms with Gasteiger partial charge in [-0.3, -0.25) is 4.79 Å². The number of nitrogens with zero attached hydrogens (tertiary/aromatic N) is 4. The monoisotopic (exact) mass is 350 g/mol. The summed E-state index contributed by atoms with van der Waals surface area (Å²) >= 11 is 0. The third kappa shape index (κ3) is 3.73. The molecule has 1 fully saturated rings. The lowest BCUT2D eigenvalue weighted by atomic mass is 9.82. The highest BCUT2D eigenvalue weighted by molar-refractivity contribution is 5.98. The number of aryl methyl sites for hydroxylation is 1. The van der Waals surface area contributed by atoms with E-state index >= 15 is 0 Å². The first kappa shape index (κ1) is 18.4. The molecule has 2 aromatic rings. The van der Waals surface area contributed by atoms with Gasteiger partial charge in [0.1, 0.15) is 0 Å². The summed E-state index contributed by atoms with van der Waals surface area (Å²) in [6.45, 7) is 2.66. The van der Waals surface area contributed by atoms with Gasteiger partial charge < -0.3 is 11.1 Å². The number of carbonyl (C=O) groups excluding carboxylic acids is 1. The van der Waals surface area contributed by atoms with Crippen LogP contribution in [0.3, 0.4) is 0 Å². The Morgan fingerprint density at radius 1 is 1.33 bits per heavy atom. The zero-order valence-electron chi connectivity index (χ0n) is 13.7. The Labute approximate surface area is 147 Å². The van der Waals surface area contributed by atoms with Gasteiger partial charge in [-0.15, -0.1) is 17.5 Å². The minimum Gasteiger partial charge on any atom is -0.324 e. The normalized spacial score (nSPS) is 16.2. The number of carbonyl (C=O) groups is 1. The van der Waals surface area contributed by atoms with Gasteiger partial charge in [0.15, 0.2) is 5.82 Å². The molecule has 0 aliphatic heterocycles. The fraction of sp³-hybridized carbons (Fsp3) is 0.500. The molecule has 8 heteroatoms. The first-order chi connectivity index (χ1) is 11.1. The third-order valence-corrected chi connectivity index (χ3v) is 4.41. The summed E-state index contributed by atoms with van der Waals surface area (Å²) in [7, 11) is 0. The molecule has 1 aliphatic carbocycles. The average Bonchev–Trinajstić information content (AvgIpc) is 3.04. The molecule has 0 unspecified atom stereocenters. The highest BCUT2D eigenvalue weighted by Crippen LogP contribution is 2.28. The van der Waals surface area contributed by atoms with E-state index in [1.54, 1.807) is 4.68 Å². The van der Waals surface area contributed by atoms with Gasteiger partial charge in [0.2, 0.25) is 5.91 Å². The highest BCUT2D eigenvalue weighted by Gasteiger charge is 2.35. The van der Waals surface area contributed by atoms with Gasteiger partial charge in [0, 0.05) is 17.8 Å². The number of hydrogen-bond acceptors (Lipinski definition) is 5. The van der Waals surface area contributed by atoms with Crippen LogP contribution in [-0.4, -0.2) is 31.7 Å². The Morgan fingerprint density at radius 2 is 2.08 bits per heavy atom. The lowest BCUT2D eigenvalue weighted by Crippen LogP contribution is -2.52. The summed E-state index contributed by atoms with van der Waals surface area (Å²) in [6, 6.07) is 7.53. The van der Waals surface area contributed by atoms with Crippen LogP contribution in [0.25, 0.3) is 11.4 Å². The van der Waals surface area contributed by atoms with Gasteiger partial charge in [-0.25, -0.2) is 4.68 Å². The second-order valence-corrected chi connectivity index (χ2v) is 6.07.